The highest BCUT2D eigenvalue weighted by atomic mass is 16.5. The lowest BCUT2D eigenvalue weighted by atomic mass is 10.2. The van der Waals surface area contributed by atoms with Gasteiger partial charge in [0.1, 0.15) is 11.5 Å². The van der Waals surface area contributed by atoms with Gasteiger partial charge in [-0.15, -0.1) is 0 Å². The monoisotopic (exact) mass is 338 g/mol. The molecule has 0 bridgehead atoms. The molecule has 0 fully saturated rings. The second-order valence-corrected chi connectivity index (χ2v) is 5.18. The van der Waals surface area contributed by atoms with Crippen molar-refractivity contribution in [3.05, 3.63) is 60.1 Å². The number of hydrogen-bond donors (Lipinski definition) is 0. The van der Waals surface area contributed by atoms with Crippen LogP contribution < -0.4 is 4.90 Å². The maximum Gasteiger partial charge on any atom is 0.331 e. The summed E-state index contributed by atoms with van der Waals surface area (Å²) in [7, 11) is 0. The standard InChI is InChI=1S/C19H18N2O4/c1-15-8-9-17(25-15)10-11-19(23)24-14-18(22)21(13-5-12-20)16-6-3-2-4-7-16/h2-4,6-11H,5,13-14H2,1H3/b11-10+. The number of para-hydroxylation sites is 1. The lowest BCUT2D eigenvalue weighted by Gasteiger charge is -2.21. The number of carbonyl (C=O) groups is 2. The number of nitriles is 1. The molecular weight excluding hydrogens is 320 g/mol. The fourth-order valence-corrected chi connectivity index (χ4v) is 2.12. The Bertz CT molecular complexity index is 787. The van der Waals surface area contributed by atoms with Crippen molar-refractivity contribution < 1.29 is 18.7 Å². The van der Waals surface area contributed by atoms with Crippen molar-refractivity contribution >= 4 is 23.6 Å². The van der Waals surface area contributed by atoms with E-state index in [1.165, 1.54) is 17.1 Å². The van der Waals surface area contributed by atoms with E-state index < -0.39 is 18.5 Å². The van der Waals surface area contributed by atoms with Crippen LogP contribution in [0.1, 0.15) is 17.9 Å². The minimum Gasteiger partial charge on any atom is -0.462 e. The fraction of sp³-hybridized carbons (Fsp3) is 0.211. The molecule has 1 aromatic heterocycles. The summed E-state index contributed by atoms with van der Waals surface area (Å²) >= 11 is 0. The second kappa shape index (κ2) is 9.08. The van der Waals surface area contributed by atoms with Crippen LogP contribution in [0.3, 0.4) is 0 Å². The van der Waals surface area contributed by atoms with Crippen molar-refractivity contribution in [3.8, 4) is 6.07 Å². The molecule has 0 unspecified atom stereocenters. The van der Waals surface area contributed by atoms with E-state index in [-0.39, 0.29) is 13.0 Å². The summed E-state index contributed by atoms with van der Waals surface area (Å²) in [5.41, 5.74) is 0.653. The molecule has 1 aromatic carbocycles. The molecule has 0 saturated heterocycles. The normalized spacial score (nSPS) is 10.4. The third kappa shape index (κ3) is 5.66. The van der Waals surface area contributed by atoms with Gasteiger partial charge in [0.25, 0.3) is 5.91 Å². The number of ether oxygens (including phenoxy) is 1. The maximum atomic E-state index is 12.3. The van der Waals surface area contributed by atoms with E-state index in [1.807, 2.05) is 12.1 Å². The predicted octanol–water partition coefficient (Wildman–Crippen LogP) is 3.09. The van der Waals surface area contributed by atoms with Crippen molar-refractivity contribution in [2.75, 3.05) is 18.1 Å². The molecule has 0 radical (unpaired) electrons. The van der Waals surface area contributed by atoms with Gasteiger partial charge in [-0.25, -0.2) is 4.79 Å². The SMILES string of the molecule is Cc1ccc(/C=C/C(=O)OCC(=O)N(CCC#N)c2ccccc2)o1. The Hall–Kier alpha value is -3.33. The van der Waals surface area contributed by atoms with Crippen LogP contribution in [-0.2, 0) is 14.3 Å². The van der Waals surface area contributed by atoms with Gasteiger partial charge in [0, 0.05) is 18.3 Å². The van der Waals surface area contributed by atoms with E-state index in [9.17, 15) is 9.59 Å². The van der Waals surface area contributed by atoms with E-state index in [2.05, 4.69) is 0 Å². The molecule has 2 rings (SSSR count). The van der Waals surface area contributed by atoms with Gasteiger partial charge >= 0.3 is 5.97 Å². The van der Waals surface area contributed by atoms with Crippen LogP contribution in [0, 0.1) is 18.3 Å². The number of esters is 1. The number of nitrogens with zero attached hydrogens (tertiary/aromatic N) is 2. The first-order valence-electron chi connectivity index (χ1n) is 7.74. The number of benzene rings is 1. The molecule has 25 heavy (non-hydrogen) atoms. The lowest BCUT2D eigenvalue weighted by molar-refractivity contribution is -0.142. The van der Waals surface area contributed by atoms with Gasteiger partial charge in [-0.2, -0.15) is 5.26 Å². The zero-order valence-corrected chi connectivity index (χ0v) is 13.8. The molecular formula is C19H18N2O4. The molecule has 0 atom stereocenters. The third-order valence-corrected chi connectivity index (χ3v) is 3.30. The zero-order valence-electron chi connectivity index (χ0n) is 13.8. The summed E-state index contributed by atoms with van der Waals surface area (Å²) in [6.45, 7) is 1.63. The first kappa shape index (κ1) is 18.0. The molecule has 6 nitrogen and oxygen atoms in total. The molecule has 6 heteroatoms. The Labute approximate surface area is 145 Å². The number of amides is 1. The van der Waals surface area contributed by atoms with Gasteiger partial charge in [0.15, 0.2) is 6.61 Å². The topological polar surface area (TPSA) is 83.5 Å². The van der Waals surface area contributed by atoms with Gasteiger partial charge in [0.2, 0.25) is 0 Å². The molecule has 1 heterocycles. The maximum absolute atomic E-state index is 12.3. The van der Waals surface area contributed by atoms with Crippen LogP contribution in [-0.4, -0.2) is 25.0 Å². The number of hydrogen-bond acceptors (Lipinski definition) is 5. The predicted molar refractivity (Wildman–Crippen MR) is 92.5 cm³/mol. The Morgan fingerprint density at radius 1 is 1.24 bits per heavy atom. The summed E-state index contributed by atoms with van der Waals surface area (Å²) in [5, 5.41) is 8.75. The highest BCUT2D eigenvalue weighted by molar-refractivity contribution is 5.96. The quantitative estimate of drug-likeness (QED) is 0.572. The molecule has 1 amide bonds. The Morgan fingerprint density at radius 3 is 2.64 bits per heavy atom. The number of rotatable bonds is 7. The molecule has 0 aliphatic carbocycles. The minimum atomic E-state index is -0.643. The van der Waals surface area contributed by atoms with Gasteiger partial charge in [0.05, 0.1) is 12.5 Å². The smallest absolute Gasteiger partial charge is 0.331 e. The molecule has 0 aliphatic heterocycles. The summed E-state index contributed by atoms with van der Waals surface area (Å²) in [6.07, 6.45) is 2.87. The molecule has 0 saturated carbocycles. The van der Waals surface area contributed by atoms with Crippen LogP contribution >= 0.6 is 0 Å². The number of carbonyl (C=O) groups excluding carboxylic acids is 2. The van der Waals surface area contributed by atoms with Crippen LogP contribution in [0.15, 0.2) is 53.0 Å². The summed E-state index contributed by atoms with van der Waals surface area (Å²) < 4.78 is 10.3. The summed E-state index contributed by atoms with van der Waals surface area (Å²) in [5.74, 6) is 0.229. The minimum absolute atomic E-state index is 0.187. The summed E-state index contributed by atoms with van der Waals surface area (Å²) in [4.78, 5) is 25.5. The van der Waals surface area contributed by atoms with Crippen molar-refractivity contribution in [1.82, 2.24) is 0 Å². The highest BCUT2D eigenvalue weighted by Crippen LogP contribution is 2.14. The number of anilines is 1. The largest absolute Gasteiger partial charge is 0.462 e. The van der Waals surface area contributed by atoms with Crippen LogP contribution in [0.5, 0.6) is 0 Å². The first-order valence-corrected chi connectivity index (χ1v) is 7.74. The summed E-state index contributed by atoms with van der Waals surface area (Å²) in [6, 6.07) is 14.4. The van der Waals surface area contributed by atoms with E-state index in [1.54, 1.807) is 43.3 Å². The number of aryl methyl sites for hydroxylation is 1. The average molecular weight is 338 g/mol. The number of furan rings is 1. The third-order valence-electron chi connectivity index (χ3n) is 3.30. The van der Waals surface area contributed by atoms with Crippen molar-refractivity contribution in [2.45, 2.75) is 13.3 Å². The Balaban J connectivity index is 1.92. The van der Waals surface area contributed by atoms with Crippen molar-refractivity contribution in [2.24, 2.45) is 0 Å². The lowest BCUT2D eigenvalue weighted by Crippen LogP contribution is -2.35. The first-order chi connectivity index (χ1) is 12.1. The molecule has 0 N–H and O–H groups in total. The molecule has 2 aromatic rings. The van der Waals surface area contributed by atoms with Crippen molar-refractivity contribution in [1.29, 1.82) is 5.26 Å². The van der Waals surface area contributed by atoms with E-state index in [4.69, 9.17) is 14.4 Å². The molecule has 0 aliphatic rings. The van der Waals surface area contributed by atoms with E-state index in [0.29, 0.717) is 11.4 Å². The van der Waals surface area contributed by atoms with Crippen LogP contribution in [0.2, 0.25) is 0 Å². The Morgan fingerprint density at radius 2 is 2.00 bits per heavy atom. The zero-order chi connectivity index (χ0) is 18.1. The van der Waals surface area contributed by atoms with E-state index >= 15 is 0 Å². The van der Waals surface area contributed by atoms with Gasteiger partial charge in [-0.1, -0.05) is 18.2 Å². The van der Waals surface area contributed by atoms with Gasteiger partial charge < -0.3 is 14.1 Å². The Kier molecular flexibility index (Phi) is 6.55. The molecule has 0 spiro atoms. The highest BCUT2D eigenvalue weighted by Gasteiger charge is 2.16. The van der Waals surface area contributed by atoms with Crippen molar-refractivity contribution in [3.63, 3.8) is 0 Å². The van der Waals surface area contributed by atoms with Gasteiger partial charge in [-0.05, 0) is 37.3 Å². The van der Waals surface area contributed by atoms with Gasteiger partial charge in [-0.3, -0.25) is 4.79 Å². The molecule has 128 valence electrons. The fourth-order valence-electron chi connectivity index (χ4n) is 2.12. The second-order valence-electron chi connectivity index (χ2n) is 5.18. The van der Waals surface area contributed by atoms with Crippen LogP contribution in [0.4, 0.5) is 5.69 Å². The van der Waals surface area contributed by atoms with E-state index in [0.717, 1.165) is 5.76 Å². The van der Waals surface area contributed by atoms with Crippen LogP contribution in [0.25, 0.3) is 6.08 Å². The average Bonchev–Trinajstić information content (AvgIpc) is 3.05.